The number of fused-ring (bicyclic) bond motifs is 1. The average molecular weight is 434 g/mol. The Morgan fingerprint density at radius 2 is 1.87 bits per heavy atom. The fourth-order valence-corrected chi connectivity index (χ4v) is 4.74. The Morgan fingerprint density at radius 3 is 2.61 bits per heavy atom. The van der Waals surface area contributed by atoms with Gasteiger partial charge < -0.3 is 19.5 Å². The highest BCUT2D eigenvalue weighted by Gasteiger charge is 2.22. The molecule has 0 saturated carbocycles. The number of benzene rings is 2. The summed E-state index contributed by atoms with van der Waals surface area (Å²) in [7, 11) is 3.75. The number of para-hydroxylation sites is 2. The lowest BCUT2D eigenvalue weighted by Crippen LogP contribution is -2.37. The predicted octanol–water partition coefficient (Wildman–Crippen LogP) is 5.90. The Labute approximate surface area is 186 Å². The predicted molar refractivity (Wildman–Crippen MR) is 129 cm³/mol. The van der Waals surface area contributed by atoms with Crippen LogP contribution in [0.25, 0.3) is 21.5 Å². The summed E-state index contributed by atoms with van der Waals surface area (Å²) < 4.78 is 7.53. The van der Waals surface area contributed by atoms with Crippen LogP contribution in [0.2, 0.25) is 0 Å². The molecular weight excluding hydrogens is 406 g/mol. The van der Waals surface area contributed by atoms with Crippen molar-refractivity contribution in [3.8, 4) is 10.6 Å². The highest BCUT2D eigenvalue weighted by atomic mass is 32.1. The molecule has 160 valence electrons. The summed E-state index contributed by atoms with van der Waals surface area (Å²) in [4.78, 5) is 16.3. The van der Waals surface area contributed by atoms with Gasteiger partial charge in [0.15, 0.2) is 0 Å². The number of carbonyl (C=O) groups excluding carboxylic acids is 1. The Kier molecular flexibility index (Phi) is 6.39. The molecule has 0 aliphatic heterocycles. The van der Waals surface area contributed by atoms with E-state index in [4.69, 9.17) is 4.74 Å². The van der Waals surface area contributed by atoms with Gasteiger partial charge in [-0.05, 0) is 36.1 Å². The minimum absolute atomic E-state index is 0.128. The molecule has 2 heterocycles. The van der Waals surface area contributed by atoms with E-state index in [9.17, 15) is 4.79 Å². The van der Waals surface area contributed by atoms with E-state index in [-0.39, 0.29) is 6.03 Å². The zero-order chi connectivity index (χ0) is 21.8. The van der Waals surface area contributed by atoms with E-state index in [0.717, 1.165) is 28.0 Å². The maximum atomic E-state index is 13.3. The number of amides is 2. The van der Waals surface area contributed by atoms with Crippen molar-refractivity contribution in [1.29, 1.82) is 0 Å². The zero-order valence-corrected chi connectivity index (χ0v) is 18.9. The number of hydrogen-bond acceptors (Lipinski definition) is 3. The second-order valence-corrected chi connectivity index (χ2v) is 8.49. The van der Waals surface area contributed by atoms with Crippen molar-refractivity contribution >= 4 is 34.0 Å². The van der Waals surface area contributed by atoms with Gasteiger partial charge in [0.25, 0.3) is 0 Å². The lowest BCUT2D eigenvalue weighted by Gasteiger charge is -2.24. The van der Waals surface area contributed by atoms with Crippen molar-refractivity contribution in [2.75, 3.05) is 25.6 Å². The van der Waals surface area contributed by atoms with Crippen LogP contribution in [-0.2, 0) is 18.3 Å². The van der Waals surface area contributed by atoms with Gasteiger partial charge in [0.2, 0.25) is 0 Å². The molecule has 0 fully saturated rings. The van der Waals surface area contributed by atoms with Crippen molar-refractivity contribution in [3.05, 3.63) is 77.2 Å². The van der Waals surface area contributed by atoms with Crippen LogP contribution in [0.5, 0.6) is 0 Å². The standard InChI is InChI=1S/C25H27N3O2S/c1-18-9-4-6-11-21(18)26-25(29)28(14-15-30-3)17-20-19-10-5-7-12-22(19)27(2)24(20)23-13-8-16-31-23/h4-13,16H,14-15,17H2,1-3H3,(H,26,29). The summed E-state index contributed by atoms with van der Waals surface area (Å²) in [6, 6.07) is 20.3. The van der Waals surface area contributed by atoms with E-state index in [2.05, 4.69) is 58.7 Å². The number of rotatable bonds is 7. The first kappa shape index (κ1) is 21.2. The molecule has 4 aromatic rings. The molecule has 4 rings (SSSR count). The Morgan fingerprint density at radius 1 is 1.10 bits per heavy atom. The van der Waals surface area contributed by atoms with Crippen molar-refractivity contribution in [2.24, 2.45) is 7.05 Å². The van der Waals surface area contributed by atoms with Crippen LogP contribution in [0.4, 0.5) is 10.5 Å². The number of nitrogens with zero attached hydrogens (tertiary/aromatic N) is 2. The molecule has 2 aromatic heterocycles. The molecule has 6 heteroatoms. The van der Waals surface area contributed by atoms with Crippen LogP contribution >= 0.6 is 11.3 Å². The van der Waals surface area contributed by atoms with Gasteiger partial charge in [-0.25, -0.2) is 4.79 Å². The summed E-state index contributed by atoms with van der Waals surface area (Å²) >= 11 is 1.71. The Hall–Kier alpha value is -3.09. The first-order chi connectivity index (χ1) is 15.1. The molecule has 1 N–H and O–H groups in total. The van der Waals surface area contributed by atoms with Gasteiger partial charge in [-0.3, -0.25) is 0 Å². The number of aromatic nitrogens is 1. The lowest BCUT2D eigenvalue weighted by molar-refractivity contribution is 0.153. The summed E-state index contributed by atoms with van der Waals surface area (Å²) in [6.07, 6.45) is 0. The minimum atomic E-state index is -0.128. The molecule has 0 bridgehead atoms. The van der Waals surface area contributed by atoms with E-state index in [0.29, 0.717) is 19.7 Å². The molecule has 2 aromatic carbocycles. The van der Waals surface area contributed by atoms with Crippen molar-refractivity contribution in [1.82, 2.24) is 9.47 Å². The van der Waals surface area contributed by atoms with Crippen LogP contribution in [0.15, 0.2) is 66.0 Å². The van der Waals surface area contributed by atoms with E-state index in [1.807, 2.05) is 36.1 Å². The topological polar surface area (TPSA) is 46.5 Å². The van der Waals surface area contributed by atoms with E-state index in [1.165, 1.54) is 10.3 Å². The fraction of sp³-hybridized carbons (Fsp3) is 0.240. The molecule has 0 unspecified atom stereocenters. The SMILES string of the molecule is COCCN(Cc1c(-c2cccs2)n(C)c2ccccc12)C(=O)Nc1ccccc1C. The number of carbonyl (C=O) groups is 1. The number of ether oxygens (including phenoxy) is 1. The molecule has 0 radical (unpaired) electrons. The number of methoxy groups -OCH3 is 1. The van der Waals surface area contributed by atoms with E-state index >= 15 is 0 Å². The normalized spacial score (nSPS) is 11.1. The number of urea groups is 1. The monoisotopic (exact) mass is 433 g/mol. The van der Waals surface area contributed by atoms with E-state index in [1.54, 1.807) is 18.4 Å². The van der Waals surface area contributed by atoms with Gasteiger partial charge in [-0.15, -0.1) is 11.3 Å². The van der Waals surface area contributed by atoms with Gasteiger partial charge in [0, 0.05) is 42.9 Å². The van der Waals surface area contributed by atoms with Crippen LogP contribution in [0, 0.1) is 6.92 Å². The van der Waals surface area contributed by atoms with Crippen LogP contribution in [0.1, 0.15) is 11.1 Å². The quantitative estimate of drug-likeness (QED) is 0.395. The third-order valence-corrected chi connectivity index (χ3v) is 6.43. The fourth-order valence-electron chi connectivity index (χ4n) is 3.91. The zero-order valence-electron chi connectivity index (χ0n) is 18.1. The maximum Gasteiger partial charge on any atom is 0.322 e. The van der Waals surface area contributed by atoms with Crippen molar-refractivity contribution in [3.63, 3.8) is 0 Å². The van der Waals surface area contributed by atoms with Gasteiger partial charge in [-0.1, -0.05) is 42.5 Å². The number of nitrogens with one attached hydrogen (secondary N) is 1. The molecule has 0 saturated heterocycles. The van der Waals surface area contributed by atoms with Gasteiger partial charge in [0.05, 0.1) is 23.7 Å². The Balaban J connectivity index is 1.72. The molecule has 5 nitrogen and oxygen atoms in total. The number of hydrogen-bond donors (Lipinski definition) is 1. The summed E-state index contributed by atoms with van der Waals surface area (Å²) in [5.41, 5.74) is 5.32. The van der Waals surface area contributed by atoms with Gasteiger partial charge >= 0.3 is 6.03 Å². The molecule has 0 aliphatic carbocycles. The number of thiophene rings is 1. The van der Waals surface area contributed by atoms with Crippen LogP contribution in [-0.4, -0.2) is 35.8 Å². The minimum Gasteiger partial charge on any atom is -0.383 e. The summed E-state index contributed by atoms with van der Waals surface area (Å²) in [5, 5.41) is 6.33. The molecular formula is C25H27N3O2S. The van der Waals surface area contributed by atoms with Crippen LogP contribution in [0.3, 0.4) is 0 Å². The molecule has 31 heavy (non-hydrogen) atoms. The molecule has 0 spiro atoms. The second-order valence-electron chi connectivity index (χ2n) is 7.54. The lowest BCUT2D eigenvalue weighted by atomic mass is 10.1. The maximum absolute atomic E-state index is 13.3. The van der Waals surface area contributed by atoms with Gasteiger partial charge in [0.1, 0.15) is 0 Å². The van der Waals surface area contributed by atoms with Crippen molar-refractivity contribution in [2.45, 2.75) is 13.5 Å². The summed E-state index contributed by atoms with van der Waals surface area (Å²) in [6.45, 7) is 3.46. The average Bonchev–Trinajstić information content (AvgIpc) is 3.39. The largest absolute Gasteiger partial charge is 0.383 e. The first-order valence-electron chi connectivity index (χ1n) is 10.3. The molecule has 2 amide bonds. The van der Waals surface area contributed by atoms with E-state index < -0.39 is 0 Å². The number of aryl methyl sites for hydroxylation is 2. The van der Waals surface area contributed by atoms with Crippen molar-refractivity contribution < 1.29 is 9.53 Å². The van der Waals surface area contributed by atoms with Crippen LogP contribution < -0.4 is 5.32 Å². The first-order valence-corrected chi connectivity index (χ1v) is 11.2. The number of anilines is 1. The highest BCUT2D eigenvalue weighted by molar-refractivity contribution is 7.13. The summed E-state index contributed by atoms with van der Waals surface area (Å²) in [5.74, 6) is 0. The molecule has 0 aliphatic rings. The van der Waals surface area contributed by atoms with Gasteiger partial charge in [-0.2, -0.15) is 0 Å². The Bertz CT molecular complexity index is 1180. The highest BCUT2D eigenvalue weighted by Crippen LogP contribution is 2.36. The third kappa shape index (κ3) is 4.36. The third-order valence-electron chi connectivity index (χ3n) is 5.55. The second kappa shape index (κ2) is 9.37. The smallest absolute Gasteiger partial charge is 0.322 e. The molecule has 0 atom stereocenters.